The molecule has 0 saturated heterocycles. The molecule has 0 atom stereocenters. The molecule has 0 amide bonds. The molecular formula is C13H12F3N3O. The maximum atomic E-state index is 12.2. The van der Waals surface area contributed by atoms with Crippen LogP contribution in [0.4, 0.5) is 19.0 Å². The number of hydrogen-bond donors (Lipinski definition) is 1. The van der Waals surface area contributed by atoms with Gasteiger partial charge in [0, 0.05) is 5.56 Å². The van der Waals surface area contributed by atoms with E-state index in [1.165, 1.54) is 18.2 Å². The van der Waals surface area contributed by atoms with Crippen molar-refractivity contribution < 1.29 is 17.9 Å². The molecule has 0 radical (unpaired) electrons. The first-order valence-electron chi connectivity index (χ1n) is 5.73. The van der Waals surface area contributed by atoms with E-state index < -0.39 is 6.36 Å². The van der Waals surface area contributed by atoms with E-state index in [1.807, 2.05) is 0 Å². The number of anilines is 1. The maximum Gasteiger partial charge on any atom is 0.573 e. The number of halogens is 3. The Bertz CT molecular complexity index is 641. The molecule has 0 aliphatic carbocycles. The third-order valence-corrected chi connectivity index (χ3v) is 2.90. The van der Waals surface area contributed by atoms with Crippen molar-refractivity contribution in [2.75, 3.05) is 5.73 Å². The number of benzene rings is 1. The fourth-order valence-corrected chi connectivity index (χ4v) is 1.74. The number of aromatic nitrogens is 2. The van der Waals surface area contributed by atoms with Gasteiger partial charge in [-0.15, -0.1) is 23.4 Å². The van der Waals surface area contributed by atoms with Gasteiger partial charge in [-0.25, -0.2) is 0 Å². The highest BCUT2D eigenvalue weighted by atomic mass is 19.4. The van der Waals surface area contributed by atoms with Gasteiger partial charge >= 0.3 is 6.36 Å². The molecule has 0 unspecified atom stereocenters. The third kappa shape index (κ3) is 2.98. The lowest BCUT2D eigenvalue weighted by Crippen LogP contribution is -2.17. The number of ether oxygens (including phenoxy) is 1. The number of nitrogens with two attached hydrogens (primary N) is 1. The Labute approximate surface area is 113 Å². The fraction of sp³-hybridized carbons (Fsp3) is 0.231. The molecule has 0 fully saturated rings. The van der Waals surface area contributed by atoms with Crippen molar-refractivity contribution in [1.29, 1.82) is 0 Å². The van der Waals surface area contributed by atoms with Crippen molar-refractivity contribution in [2.24, 2.45) is 0 Å². The molecular weight excluding hydrogens is 271 g/mol. The molecule has 20 heavy (non-hydrogen) atoms. The van der Waals surface area contributed by atoms with Crippen LogP contribution >= 0.6 is 0 Å². The van der Waals surface area contributed by atoms with Crippen LogP contribution in [0.3, 0.4) is 0 Å². The average Bonchev–Trinajstić information content (AvgIpc) is 2.34. The first-order chi connectivity index (χ1) is 9.28. The van der Waals surface area contributed by atoms with Gasteiger partial charge in [-0.1, -0.05) is 12.1 Å². The second-order valence-corrected chi connectivity index (χ2v) is 4.26. The van der Waals surface area contributed by atoms with Gasteiger partial charge < -0.3 is 10.5 Å². The van der Waals surface area contributed by atoms with E-state index in [1.54, 1.807) is 19.9 Å². The van der Waals surface area contributed by atoms with E-state index in [-0.39, 0.29) is 5.75 Å². The molecule has 106 valence electrons. The standard InChI is InChI=1S/C13H12F3N3O/c1-7-8(2)12(17)19-18-11(7)9-4-3-5-10(6-9)20-13(14,15)16/h3-6H,1-2H3,(H2,17,19). The molecule has 2 aromatic rings. The van der Waals surface area contributed by atoms with Crippen molar-refractivity contribution in [3.63, 3.8) is 0 Å². The largest absolute Gasteiger partial charge is 0.573 e. The summed E-state index contributed by atoms with van der Waals surface area (Å²) in [5.74, 6) is -0.000348. The molecule has 2 N–H and O–H groups in total. The Morgan fingerprint density at radius 2 is 1.80 bits per heavy atom. The minimum atomic E-state index is -4.73. The second kappa shape index (κ2) is 4.99. The lowest BCUT2D eigenvalue weighted by molar-refractivity contribution is -0.274. The minimum absolute atomic E-state index is 0.300. The Morgan fingerprint density at radius 1 is 1.10 bits per heavy atom. The summed E-state index contributed by atoms with van der Waals surface area (Å²) in [6.07, 6.45) is -4.73. The molecule has 0 saturated carbocycles. The van der Waals surface area contributed by atoms with E-state index in [2.05, 4.69) is 14.9 Å². The first-order valence-corrected chi connectivity index (χ1v) is 5.73. The van der Waals surface area contributed by atoms with Crippen molar-refractivity contribution in [3.8, 4) is 17.0 Å². The van der Waals surface area contributed by atoms with E-state index >= 15 is 0 Å². The van der Waals surface area contributed by atoms with Crippen LogP contribution in [0.5, 0.6) is 5.75 Å². The second-order valence-electron chi connectivity index (χ2n) is 4.26. The summed E-state index contributed by atoms with van der Waals surface area (Å²) in [6.45, 7) is 3.56. The zero-order valence-corrected chi connectivity index (χ0v) is 10.8. The van der Waals surface area contributed by atoms with Crippen LogP contribution in [-0.4, -0.2) is 16.6 Å². The van der Waals surface area contributed by atoms with E-state index in [0.717, 1.165) is 11.1 Å². The molecule has 1 heterocycles. The smallest absolute Gasteiger partial charge is 0.406 e. The van der Waals surface area contributed by atoms with Crippen LogP contribution in [0.25, 0.3) is 11.3 Å². The summed E-state index contributed by atoms with van der Waals surface area (Å²) < 4.78 is 40.5. The van der Waals surface area contributed by atoms with E-state index in [0.29, 0.717) is 17.1 Å². The third-order valence-electron chi connectivity index (χ3n) is 2.90. The number of alkyl halides is 3. The van der Waals surface area contributed by atoms with Crippen LogP contribution in [0.1, 0.15) is 11.1 Å². The summed E-state index contributed by atoms with van der Waals surface area (Å²) in [5, 5.41) is 7.72. The average molecular weight is 283 g/mol. The lowest BCUT2D eigenvalue weighted by atomic mass is 10.0. The molecule has 1 aromatic carbocycles. The van der Waals surface area contributed by atoms with Gasteiger partial charge in [0.2, 0.25) is 0 Å². The van der Waals surface area contributed by atoms with Crippen LogP contribution in [0.15, 0.2) is 24.3 Å². The minimum Gasteiger partial charge on any atom is -0.406 e. The molecule has 0 aliphatic rings. The number of nitrogen functional groups attached to an aromatic ring is 1. The number of hydrogen-bond acceptors (Lipinski definition) is 4. The van der Waals surface area contributed by atoms with Gasteiger partial charge in [0.25, 0.3) is 0 Å². The Balaban J connectivity index is 2.44. The monoisotopic (exact) mass is 283 g/mol. The molecule has 1 aromatic heterocycles. The zero-order chi connectivity index (χ0) is 14.9. The number of nitrogens with zero attached hydrogens (tertiary/aromatic N) is 2. The number of rotatable bonds is 2. The van der Waals surface area contributed by atoms with Crippen LogP contribution in [0.2, 0.25) is 0 Å². The van der Waals surface area contributed by atoms with Crippen molar-refractivity contribution >= 4 is 5.82 Å². The molecule has 2 rings (SSSR count). The first kappa shape index (κ1) is 14.1. The van der Waals surface area contributed by atoms with Gasteiger partial charge in [-0.05, 0) is 37.1 Å². The van der Waals surface area contributed by atoms with E-state index in [4.69, 9.17) is 5.73 Å². The molecule has 0 bridgehead atoms. The molecule has 0 spiro atoms. The Kier molecular flexibility index (Phi) is 3.52. The van der Waals surface area contributed by atoms with Crippen molar-refractivity contribution in [2.45, 2.75) is 20.2 Å². The summed E-state index contributed by atoms with van der Waals surface area (Å²) in [4.78, 5) is 0. The highest BCUT2D eigenvalue weighted by Crippen LogP contribution is 2.29. The normalized spacial score (nSPS) is 11.4. The van der Waals surface area contributed by atoms with E-state index in [9.17, 15) is 13.2 Å². The van der Waals surface area contributed by atoms with Crippen LogP contribution in [-0.2, 0) is 0 Å². The predicted octanol–water partition coefficient (Wildman–Crippen LogP) is 3.24. The van der Waals surface area contributed by atoms with Gasteiger partial charge in [-0.2, -0.15) is 0 Å². The summed E-state index contributed by atoms with van der Waals surface area (Å²) in [5.41, 5.74) is 8.11. The SMILES string of the molecule is Cc1c(N)nnc(-c2cccc(OC(F)(F)F)c2)c1C. The fourth-order valence-electron chi connectivity index (χ4n) is 1.74. The Hall–Kier alpha value is -2.31. The van der Waals surface area contributed by atoms with Gasteiger partial charge in [-0.3, -0.25) is 0 Å². The van der Waals surface area contributed by atoms with Gasteiger partial charge in [0.05, 0.1) is 5.69 Å². The molecule has 7 heteroatoms. The summed E-state index contributed by atoms with van der Waals surface area (Å²) in [7, 11) is 0. The van der Waals surface area contributed by atoms with Crippen molar-refractivity contribution in [3.05, 3.63) is 35.4 Å². The van der Waals surface area contributed by atoms with Gasteiger partial charge in [0.15, 0.2) is 0 Å². The summed E-state index contributed by atoms with van der Waals surface area (Å²) >= 11 is 0. The van der Waals surface area contributed by atoms with Gasteiger partial charge in [0.1, 0.15) is 11.6 Å². The topological polar surface area (TPSA) is 61.0 Å². The highest BCUT2D eigenvalue weighted by molar-refractivity contribution is 5.67. The van der Waals surface area contributed by atoms with Crippen LogP contribution < -0.4 is 10.5 Å². The highest BCUT2D eigenvalue weighted by Gasteiger charge is 2.31. The summed E-state index contributed by atoms with van der Waals surface area (Å²) in [6, 6.07) is 5.59. The zero-order valence-electron chi connectivity index (χ0n) is 10.8. The Morgan fingerprint density at radius 3 is 2.45 bits per heavy atom. The predicted molar refractivity (Wildman–Crippen MR) is 68.0 cm³/mol. The maximum absolute atomic E-state index is 12.2. The quantitative estimate of drug-likeness (QED) is 0.919. The molecule has 0 aliphatic heterocycles. The lowest BCUT2D eigenvalue weighted by Gasteiger charge is -2.11. The van der Waals surface area contributed by atoms with Crippen LogP contribution in [0, 0.1) is 13.8 Å². The molecule has 4 nitrogen and oxygen atoms in total. The van der Waals surface area contributed by atoms with Crippen molar-refractivity contribution in [1.82, 2.24) is 10.2 Å².